The van der Waals surface area contributed by atoms with Crippen LogP contribution in [0, 0.1) is 11.3 Å². The van der Waals surface area contributed by atoms with Crippen LogP contribution in [0.15, 0.2) is 72.8 Å². The lowest BCUT2D eigenvalue weighted by Gasteiger charge is -2.40. The zero-order valence-corrected chi connectivity index (χ0v) is 26.5. The summed E-state index contributed by atoms with van der Waals surface area (Å²) in [6, 6.07) is 21.9. The van der Waals surface area contributed by atoms with Gasteiger partial charge in [0, 0.05) is 5.56 Å². The monoisotopic (exact) mass is 610 g/mol. The molecule has 3 rings (SSSR count). The number of amides is 2. The summed E-state index contributed by atoms with van der Waals surface area (Å²) >= 11 is 0. The van der Waals surface area contributed by atoms with Gasteiger partial charge in [-0.1, -0.05) is 89.2 Å². The van der Waals surface area contributed by atoms with Crippen LogP contribution < -0.4 is 14.8 Å². The maximum absolute atomic E-state index is 12.5. The smallest absolute Gasteiger partial charge is 0.407 e. The van der Waals surface area contributed by atoms with Crippen molar-refractivity contribution in [1.82, 2.24) is 10.0 Å². The van der Waals surface area contributed by atoms with Crippen LogP contribution in [-0.2, 0) is 26.8 Å². The number of nitrogens with one attached hydrogen (secondary N) is 2. The highest BCUT2D eigenvalue weighted by atomic mass is 32.2. The van der Waals surface area contributed by atoms with E-state index in [4.69, 9.17) is 9.47 Å². The maximum Gasteiger partial charge on any atom is 0.407 e. The van der Waals surface area contributed by atoms with Crippen LogP contribution in [0.2, 0.25) is 0 Å². The van der Waals surface area contributed by atoms with Crippen molar-refractivity contribution >= 4 is 22.0 Å². The Morgan fingerprint density at radius 2 is 1.53 bits per heavy atom. The van der Waals surface area contributed by atoms with Gasteiger partial charge >= 0.3 is 6.09 Å². The van der Waals surface area contributed by atoms with Crippen molar-refractivity contribution in [2.75, 3.05) is 26.0 Å². The first-order chi connectivity index (χ1) is 20.1. The van der Waals surface area contributed by atoms with Gasteiger partial charge in [-0.15, -0.1) is 0 Å². The molecule has 0 aliphatic rings. The molecular weight excluding hydrogens is 568 g/mol. The number of rotatable bonds is 12. The molecule has 0 heterocycles. The molecule has 3 aromatic carbocycles. The summed E-state index contributed by atoms with van der Waals surface area (Å²) in [5.41, 5.74) is 1.74. The molecule has 0 bridgehead atoms. The quantitative estimate of drug-likeness (QED) is 0.238. The van der Waals surface area contributed by atoms with E-state index in [2.05, 4.69) is 5.32 Å². The summed E-state index contributed by atoms with van der Waals surface area (Å²) in [6.45, 7) is 9.93. The van der Waals surface area contributed by atoms with E-state index in [0.717, 1.165) is 22.9 Å². The number of hydrogen-bond acceptors (Lipinski definition) is 7. The molecule has 3 N–H and O–H groups in total. The van der Waals surface area contributed by atoms with Crippen LogP contribution in [0.1, 0.15) is 56.1 Å². The van der Waals surface area contributed by atoms with Gasteiger partial charge in [0.15, 0.2) is 0 Å². The van der Waals surface area contributed by atoms with Crippen molar-refractivity contribution in [3.05, 3.63) is 89.5 Å². The number of carbonyl (C=O) groups is 2. The fraction of sp³-hybridized carbons (Fsp3) is 0.394. The average molecular weight is 611 g/mol. The molecule has 0 fully saturated rings. The van der Waals surface area contributed by atoms with Crippen LogP contribution in [0.25, 0.3) is 11.1 Å². The molecule has 10 heteroatoms. The Kier molecular flexibility index (Phi) is 11.0. The van der Waals surface area contributed by atoms with Crippen molar-refractivity contribution in [2.45, 2.75) is 46.6 Å². The lowest BCUT2D eigenvalue weighted by Crippen LogP contribution is -2.49. The number of sulfonamides is 1. The van der Waals surface area contributed by atoms with Crippen molar-refractivity contribution < 1.29 is 32.6 Å². The molecule has 0 radical (unpaired) electrons. The zero-order valence-electron chi connectivity index (χ0n) is 25.6. The van der Waals surface area contributed by atoms with Gasteiger partial charge in [-0.05, 0) is 58.2 Å². The molecule has 0 saturated heterocycles. The van der Waals surface area contributed by atoms with Crippen LogP contribution in [0.3, 0.4) is 0 Å². The van der Waals surface area contributed by atoms with Gasteiger partial charge in [0.25, 0.3) is 5.91 Å². The largest absolute Gasteiger partial charge is 0.490 e. The number of aliphatic hydroxyl groups is 1. The van der Waals surface area contributed by atoms with E-state index in [0.29, 0.717) is 23.3 Å². The SMILES string of the molecule is CC(C)Cc1cc(-c2ccc(OCCOC(=O)NC[C@](O)(c3ccccc3)C(C)(C)C)cc2)ccc1C(=O)NS(C)(=O)=O. The summed E-state index contributed by atoms with van der Waals surface area (Å²) in [4.78, 5) is 24.9. The lowest BCUT2D eigenvalue weighted by molar-refractivity contribution is -0.0618. The number of carbonyl (C=O) groups excluding carboxylic acids is 2. The first-order valence-corrected chi connectivity index (χ1v) is 16.0. The van der Waals surface area contributed by atoms with E-state index in [-0.39, 0.29) is 25.7 Å². The Balaban J connectivity index is 1.56. The maximum atomic E-state index is 12.5. The molecule has 1 atom stereocenters. The Morgan fingerprint density at radius 1 is 0.907 bits per heavy atom. The van der Waals surface area contributed by atoms with E-state index >= 15 is 0 Å². The molecule has 3 aromatic rings. The van der Waals surface area contributed by atoms with Gasteiger partial charge < -0.3 is 19.9 Å². The minimum Gasteiger partial charge on any atom is -0.490 e. The summed E-state index contributed by atoms with van der Waals surface area (Å²) in [6.07, 6.45) is 0.909. The second-order valence-corrected chi connectivity index (χ2v) is 13.8. The van der Waals surface area contributed by atoms with Gasteiger partial charge in [-0.2, -0.15) is 0 Å². The van der Waals surface area contributed by atoms with Crippen molar-refractivity contribution in [1.29, 1.82) is 0 Å². The third-order valence-electron chi connectivity index (χ3n) is 7.01. The molecule has 0 spiro atoms. The Hall–Kier alpha value is -3.89. The van der Waals surface area contributed by atoms with E-state index < -0.39 is 33.0 Å². The van der Waals surface area contributed by atoms with Crippen molar-refractivity contribution in [3.8, 4) is 16.9 Å². The molecule has 232 valence electrons. The minimum atomic E-state index is -3.68. The summed E-state index contributed by atoms with van der Waals surface area (Å²) in [5, 5.41) is 14.1. The molecule has 0 aliphatic carbocycles. The minimum absolute atomic E-state index is 0.0100. The second-order valence-electron chi connectivity index (χ2n) is 12.0. The highest BCUT2D eigenvalue weighted by Gasteiger charge is 2.42. The van der Waals surface area contributed by atoms with E-state index in [1.54, 1.807) is 24.3 Å². The fourth-order valence-electron chi connectivity index (χ4n) is 4.63. The molecule has 0 aliphatic heterocycles. The normalized spacial score (nSPS) is 13.2. The van der Waals surface area contributed by atoms with Crippen molar-refractivity contribution in [3.63, 3.8) is 0 Å². The first kappa shape index (κ1) is 33.6. The molecule has 43 heavy (non-hydrogen) atoms. The third-order valence-corrected chi connectivity index (χ3v) is 7.57. The van der Waals surface area contributed by atoms with Gasteiger partial charge in [0.1, 0.15) is 24.6 Å². The zero-order chi connectivity index (χ0) is 31.8. The molecular formula is C33H42N2O7S. The third kappa shape index (κ3) is 9.56. The molecule has 9 nitrogen and oxygen atoms in total. The Bertz CT molecular complexity index is 1500. The molecule has 0 unspecified atom stereocenters. The fourth-order valence-corrected chi connectivity index (χ4v) is 5.08. The van der Waals surface area contributed by atoms with Gasteiger partial charge in [-0.3, -0.25) is 4.79 Å². The van der Waals surface area contributed by atoms with Crippen LogP contribution in [-0.4, -0.2) is 51.5 Å². The van der Waals surface area contributed by atoms with E-state index in [1.165, 1.54) is 0 Å². The Labute approximate surface area is 254 Å². The van der Waals surface area contributed by atoms with Crippen LogP contribution >= 0.6 is 0 Å². The van der Waals surface area contributed by atoms with Gasteiger partial charge in [0.2, 0.25) is 10.0 Å². The number of hydrogen-bond donors (Lipinski definition) is 3. The van der Waals surface area contributed by atoms with Gasteiger partial charge in [0.05, 0.1) is 12.8 Å². The summed E-state index contributed by atoms with van der Waals surface area (Å²) < 4.78 is 36.1. The highest BCUT2D eigenvalue weighted by Crippen LogP contribution is 2.38. The summed E-state index contributed by atoms with van der Waals surface area (Å²) in [7, 11) is -3.68. The summed E-state index contributed by atoms with van der Waals surface area (Å²) in [5.74, 6) is 0.199. The number of benzene rings is 3. The first-order valence-electron chi connectivity index (χ1n) is 14.2. The van der Waals surface area contributed by atoms with Crippen LogP contribution in [0.5, 0.6) is 5.75 Å². The average Bonchev–Trinajstić information content (AvgIpc) is 2.93. The molecule has 2 amide bonds. The van der Waals surface area contributed by atoms with E-state index in [1.807, 2.05) is 87.9 Å². The highest BCUT2D eigenvalue weighted by molar-refractivity contribution is 7.89. The standard InChI is InChI=1S/C33H42N2O7S/c1-23(2)20-26-21-25(14-17-29(26)30(36)35-43(6,39)40)24-12-15-28(16-13-24)41-18-19-42-31(37)34-22-33(38,32(3,4)5)27-10-8-7-9-11-27/h7-17,21,23,38H,18-20,22H2,1-6H3,(H,34,37)(H,35,36)/t33-/m0/s1. The second kappa shape index (κ2) is 14.1. The predicted molar refractivity (Wildman–Crippen MR) is 167 cm³/mol. The van der Waals surface area contributed by atoms with Crippen molar-refractivity contribution in [2.24, 2.45) is 11.3 Å². The predicted octanol–water partition coefficient (Wildman–Crippen LogP) is 5.28. The van der Waals surface area contributed by atoms with E-state index in [9.17, 15) is 23.1 Å². The molecule has 0 saturated carbocycles. The lowest BCUT2D eigenvalue weighted by atomic mass is 9.72. The number of alkyl carbamates (subject to hydrolysis) is 1. The number of ether oxygens (including phenoxy) is 2. The Morgan fingerprint density at radius 3 is 2.12 bits per heavy atom. The topological polar surface area (TPSA) is 131 Å². The van der Waals surface area contributed by atoms with Crippen LogP contribution in [0.4, 0.5) is 4.79 Å². The van der Waals surface area contributed by atoms with Gasteiger partial charge in [-0.25, -0.2) is 17.9 Å². The molecule has 0 aromatic heterocycles.